The van der Waals surface area contributed by atoms with Crippen LogP contribution in [0.15, 0.2) is 4.99 Å². The lowest BCUT2D eigenvalue weighted by molar-refractivity contribution is 0.203. The number of aliphatic imine (C=N–C) groups is 1. The highest BCUT2D eigenvalue weighted by Gasteiger charge is 2.08. The van der Waals surface area contributed by atoms with Crippen molar-refractivity contribution in [3.05, 3.63) is 11.6 Å². The fourth-order valence-electron chi connectivity index (χ4n) is 2.35. The van der Waals surface area contributed by atoms with E-state index in [0.29, 0.717) is 19.2 Å². The molecule has 0 aliphatic rings. The molecule has 0 saturated carbocycles. The first-order chi connectivity index (χ1) is 11.6. The lowest BCUT2D eigenvalue weighted by Gasteiger charge is -2.18. The highest BCUT2D eigenvalue weighted by molar-refractivity contribution is 14.0. The third-order valence-corrected chi connectivity index (χ3v) is 4.03. The van der Waals surface area contributed by atoms with Gasteiger partial charge >= 0.3 is 0 Å². The van der Waals surface area contributed by atoms with Crippen molar-refractivity contribution < 1.29 is 4.74 Å². The van der Waals surface area contributed by atoms with E-state index in [4.69, 9.17) is 4.74 Å². The molecule has 0 aliphatic carbocycles. The zero-order chi connectivity index (χ0) is 17.8. The normalized spacial score (nSPS) is 12.6. The third kappa shape index (κ3) is 9.98. The van der Waals surface area contributed by atoms with Gasteiger partial charge in [-0.25, -0.2) is 4.99 Å². The average Bonchev–Trinajstić information content (AvgIpc) is 2.88. The molecule has 2 N–H and O–H groups in total. The van der Waals surface area contributed by atoms with Crippen molar-refractivity contribution in [3.8, 4) is 0 Å². The van der Waals surface area contributed by atoms with Crippen LogP contribution in [0.4, 0.5) is 0 Å². The molecule has 1 rings (SSSR count). The predicted molar refractivity (Wildman–Crippen MR) is 114 cm³/mol. The van der Waals surface area contributed by atoms with Gasteiger partial charge in [0.2, 0.25) is 0 Å². The summed E-state index contributed by atoms with van der Waals surface area (Å²) in [5.74, 6) is 2.55. The van der Waals surface area contributed by atoms with Gasteiger partial charge in [0.05, 0.1) is 6.61 Å². The Hall–Kier alpha value is -0.900. The number of guanidine groups is 1. The molecule has 0 amide bonds. The van der Waals surface area contributed by atoms with Crippen LogP contribution in [0.25, 0.3) is 0 Å². The molecule has 1 unspecified atom stereocenters. The van der Waals surface area contributed by atoms with Gasteiger partial charge in [-0.05, 0) is 20.3 Å². The van der Waals surface area contributed by atoms with Crippen LogP contribution < -0.4 is 10.6 Å². The largest absolute Gasteiger partial charge is 0.383 e. The van der Waals surface area contributed by atoms with Crippen molar-refractivity contribution in [1.29, 1.82) is 0 Å². The van der Waals surface area contributed by atoms with E-state index in [9.17, 15) is 0 Å². The topological polar surface area (TPSA) is 76.4 Å². The molecule has 0 fully saturated rings. The molecule has 0 radical (unpaired) electrons. The number of aromatic nitrogens is 3. The molecule has 25 heavy (non-hydrogen) atoms. The molecule has 0 saturated heterocycles. The standard InChI is InChI=1S/C17H34N6O.HI/c1-6-7-8-9-10-14(2)20-17(18-11-12-24-5)19-13-16-22-21-15(3)23(16)4;/h14H,6-13H2,1-5H3,(H2,18,19,20);1H. The van der Waals surface area contributed by atoms with E-state index in [1.165, 1.54) is 25.7 Å². The minimum atomic E-state index is 0. The van der Waals surface area contributed by atoms with Gasteiger partial charge in [0.25, 0.3) is 0 Å². The third-order valence-electron chi connectivity index (χ3n) is 4.03. The average molecular weight is 466 g/mol. The molecule has 1 aromatic rings. The Kier molecular flexibility index (Phi) is 13.8. The fraction of sp³-hybridized carbons (Fsp3) is 0.824. The van der Waals surface area contributed by atoms with Crippen molar-refractivity contribution in [2.75, 3.05) is 20.3 Å². The van der Waals surface area contributed by atoms with Crippen LogP contribution in [-0.4, -0.2) is 47.0 Å². The number of hydrogen-bond donors (Lipinski definition) is 2. The van der Waals surface area contributed by atoms with E-state index in [-0.39, 0.29) is 24.0 Å². The molecule has 0 aromatic carbocycles. The number of unbranched alkanes of at least 4 members (excludes halogenated alkanes) is 3. The minimum absolute atomic E-state index is 0. The summed E-state index contributed by atoms with van der Waals surface area (Å²) in [7, 11) is 3.66. The van der Waals surface area contributed by atoms with Gasteiger partial charge < -0.3 is 19.9 Å². The number of methoxy groups -OCH3 is 1. The second kappa shape index (κ2) is 14.3. The molecule has 1 heterocycles. The molecule has 0 spiro atoms. The van der Waals surface area contributed by atoms with Gasteiger partial charge in [0, 0.05) is 26.7 Å². The van der Waals surface area contributed by atoms with Crippen molar-refractivity contribution in [2.45, 2.75) is 65.5 Å². The van der Waals surface area contributed by atoms with Gasteiger partial charge in [0.15, 0.2) is 11.8 Å². The zero-order valence-corrected chi connectivity index (χ0v) is 18.7. The maximum Gasteiger partial charge on any atom is 0.191 e. The molecule has 1 aromatic heterocycles. The Bertz CT molecular complexity index is 491. The second-order valence-corrected chi connectivity index (χ2v) is 6.20. The number of halogens is 1. The number of nitrogens with one attached hydrogen (secondary N) is 2. The smallest absolute Gasteiger partial charge is 0.191 e. The van der Waals surface area contributed by atoms with E-state index >= 15 is 0 Å². The first kappa shape index (κ1) is 24.1. The van der Waals surface area contributed by atoms with Crippen LogP contribution in [0.3, 0.4) is 0 Å². The number of aryl methyl sites for hydroxylation is 1. The molecule has 0 aliphatic heterocycles. The Balaban J connectivity index is 0.00000576. The summed E-state index contributed by atoms with van der Waals surface area (Å²) in [4.78, 5) is 4.64. The summed E-state index contributed by atoms with van der Waals surface area (Å²) >= 11 is 0. The van der Waals surface area contributed by atoms with Crippen LogP contribution >= 0.6 is 24.0 Å². The summed E-state index contributed by atoms with van der Waals surface area (Å²) in [5.41, 5.74) is 0. The Labute approximate surface area is 169 Å². The van der Waals surface area contributed by atoms with Crippen molar-refractivity contribution in [2.24, 2.45) is 12.0 Å². The van der Waals surface area contributed by atoms with Gasteiger partial charge in [-0.15, -0.1) is 34.2 Å². The van der Waals surface area contributed by atoms with Crippen LogP contribution in [0.2, 0.25) is 0 Å². The predicted octanol–water partition coefficient (Wildman–Crippen LogP) is 2.78. The van der Waals surface area contributed by atoms with Gasteiger partial charge in [0.1, 0.15) is 12.4 Å². The molecule has 7 nitrogen and oxygen atoms in total. The van der Waals surface area contributed by atoms with Crippen molar-refractivity contribution in [3.63, 3.8) is 0 Å². The monoisotopic (exact) mass is 466 g/mol. The van der Waals surface area contributed by atoms with E-state index in [2.05, 4.69) is 39.7 Å². The maximum atomic E-state index is 5.10. The summed E-state index contributed by atoms with van der Waals surface area (Å²) in [5, 5.41) is 15.0. The van der Waals surface area contributed by atoms with Crippen molar-refractivity contribution in [1.82, 2.24) is 25.4 Å². The van der Waals surface area contributed by atoms with E-state index in [1.54, 1.807) is 7.11 Å². The highest BCUT2D eigenvalue weighted by atomic mass is 127. The Morgan fingerprint density at radius 2 is 2.04 bits per heavy atom. The Morgan fingerprint density at radius 3 is 2.64 bits per heavy atom. The maximum absolute atomic E-state index is 5.10. The fourth-order valence-corrected chi connectivity index (χ4v) is 2.35. The lowest BCUT2D eigenvalue weighted by atomic mass is 10.1. The molecular formula is C17H35IN6O. The quantitative estimate of drug-likeness (QED) is 0.227. The van der Waals surface area contributed by atoms with Crippen LogP contribution in [-0.2, 0) is 18.3 Å². The number of rotatable bonds is 11. The van der Waals surface area contributed by atoms with E-state index < -0.39 is 0 Å². The summed E-state index contributed by atoms with van der Waals surface area (Å²) in [6.07, 6.45) is 6.27. The first-order valence-corrected chi connectivity index (χ1v) is 8.97. The molecular weight excluding hydrogens is 431 g/mol. The highest BCUT2D eigenvalue weighted by Crippen LogP contribution is 2.05. The van der Waals surface area contributed by atoms with Crippen molar-refractivity contribution >= 4 is 29.9 Å². The zero-order valence-electron chi connectivity index (χ0n) is 16.3. The van der Waals surface area contributed by atoms with Crippen LogP contribution in [0, 0.1) is 6.92 Å². The second-order valence-electron chi connectivity index (χ2n) is 6.20. The van der Waals surface area contributed by atoms with E-state index in [1.807, 2.05) is 18.5 Å². The van der Waals surface area contributed by atoms with Crippen LogP contribution in [0.1, 0.15) is 57.6 Å². The van der Waals surface area contributed by atoms with Gasteiger partial charge in [-0.2, -0.15) is 0 Å². The number of hydrogen-bond acceptors (Lipinski definition) is 4. The SMILES string of the molecule is CCCCCCC(C)NC(=NCc1nnc(C)n1C)NCCOC.I. The van der Waals surface area contributed by atoms with Gasteiger partial charge in [-0.1, -0.05) is 32.6 Å². The summed E-state index contributed by atoms with van der Waals surface area (Å²) < 4.78 is 7.07. The lowest BCUT2D eigenvalue weighted by Crippen LogP contribution is -2.43. The summed E-state index contributed by atoms with van der Waals surface area (Å²) in [6.45, 7) is 8.25. The Morgan fingerprint density at radius 1 is 1.28 bits per heavy atom. The number of ether oxygens (including phenoxy) is 1. The van der Waals surface area contributed by atoms with Gasteiger partial charge in [-0.3, -0.25) is 0 Å². The first-order valence-electron chi connectivity index (χ1n) is 8.97. The molecule has 8 heteroatoms. The molecule has 1 atom stereocenters. The summed E-state index contributed by atoms with van der Waals surface area (Å²) in [6, 6.07) is 0.386. The molecule has 146 valence electrons. The van der Waals surface area contributed by atoms with Crippen LogP contribution in [0.5, 0.6) is 0 Å². The number of nitrogens with zero attached hydrogens (tertiary/aromatic N) is 4. The molecule has 0 bridgehead atoms. The van der Waals surface area contributed by atoms with E-state index in [0.717, 1.165) is 30.6 Å². The minimum Gasteiger partial charge on any atom is -0.383 e.